The summed E-state index contributed by atoms with van der Waals surface area (Å²) in [5.74, 6) is 0.351. The zero-order valence-corrected chi connectivity index (χ0v) is 13.6. The van der Waals surface area contributed by atoms with Crippen molar-refractivity contribution in [2.75, 3.05) is 13.2 Å². The largest absolute Gasteiger partial charge is 0.396 e. The van der Waals surface area contributed by atoms with Crippen LogP contribution in [0.3, 0.4) is 0 Å². The smallest absolute Gasteiger partial charge is 0.259 e. The van der Waals surface area contributed by atoms with Crippen LogP contribution < -0.4 is 4.72 Å². The highest BCUT2D eigenvalue weighted by atomic mass is 35.5. The number of imidazole rings is 1. The third-order valence-corrected chi connectivity index (χ3v) is 6.60. The molecule has 0 radical (unpaired) electrons. The van der Waals surface area contributed by atoms with Crippen molar-refractivity contribution in [3.63, 3.8) is 0 Å². The molecular formula is C12H16ClN3O3S2. The van der Waals surface area contributed by atoms with Gasteiger partial charge in [0, 0.05) is 24.7 Å². The first-order valence-electron chi connectivity index (χ1n) is 6.74. The molecule has 0 spiro atoms. The van der Waals surface area contributed by atoms with E-state index in [0.29, 0.717) is 11.5 Å². The zero-order chi connectivity index (χ0) is 15.0. The van der Waals surface area contributed by atoms with Gasteiger partial charge in [0.25, 0.3) is 10.0 Å². The number of thiazole rings is 1. The Labute approximate surface area is 131 Å². The number of hydrogen-bond acceptors (Lipinski definition) is 5. The summed E-state index contributed by atoms with van der Waals surface area (Å²) in [4.78, 5) is 4.59. The van der Waals surface area contributed by atoms with Gasteiger partial charge in [-0.15, -0.1) is 11.3 Å². The molecular weight excluding hydrogens is 334 g/mol. The minimum Gasteiger partial charge on any atom is -0.396 e. The van der Waals surface area contributed by atoms with Gasteiger partial charge in [-0.05, 0) is 24.7 Å². The van der Waals surface area contributed by atoms with Crippen LogP contribution in [-0.4, -0.2) is 36.1 Å². The molecule has 2 atom stereocenters. The average molecular weight is 350 g/mol. The Kier molecular flexibility index (Phi) is 4.24. The second-order valence-electron chi connectivity index (χ2n) is 5.25. The molecule has 1 saturated carbocycles. The van der Waals surface area contributed by atoms with E-state index in [1.54, 1.807) is 11.6 Å². The molecule has 2 aromatic rings. The van der Waals surface area contributed by atoms with E-state index in [4.69, 9.17) is 11.6 Å². The molecule has 0 aliphatic heterocycles. The molecule has 116 valence electrons. The van der Waals surface area contributed by atoms with Gasteiger partial charge in [-0.1, -0.05) is 18.0 Å². The third-order valence-electron chi connectivity index (χ3n) is 4.02. The Morgan fingerprint density at radius 1 is 1.48 bits per heavy atom. The molecule has 2 heterocycles. The summed E-state index contributed by atoms with van der Waals surface area (Å²) in [7, 11) is -3.72. The normalized spacial score (nSPS) is 23.1. The third kappa shape index (κ3) is 2.83. The molecule has 1 fully saturated rings. The quantitative estimate of drug-likeness (QED) is 0.861. The number of nitrogens with zero attached hydrogens (tertiary/aromatic N) is 2. The number of nitrogens with one attached hydrogen (secondary N) is 1. The summed E-state index contributed by atoms with van der Waals surface area (Å²) in [5.41, 5.74) is 0. The van der Waals surface area contributed by atoms with Gasteiger partial charge in [0.15, 0.2) is 15.1 Å². The van der Waals surface area contributed by atoms with E-state index in [0.717, 1.165) is 19.3 Å². The maximum atomic E-state index is 12.5. The van der Waals surface area contributed by atoms with Crippen LogP contribution in [-0.2, 0) is 10.0 Å². The first kappa shape index (κ1) is 15.2. The predicted molar refractivity (Wildman–Crippen MR) is 81.2 cm³/mol. The molecule has 9 heteroatoms. The van der Waals surface area contributed by atoms with Gasteiger partial charge >= 0.3 is 0 Å². The van der Waals surface area contributed by atoms with Crippen molar-refractivity contribution >= 4 is 37.9 Å². The highest BCUT2D eigenvalue weighted by Crippen LogP contribution is 2.31. The first-order chi connectivity index (χ1) is 10.0. The van der Waals surface area contributed by atoms with Gasteiger partial charge in [0.05, 0.1) is 0 Å². The Hall–Kier alpha value is -0.670. The molecule has 1 aliphatic rings. The second kappa shape index (κ2) is 5.85. The summed E-state index contributed by atoms with van der Waals surface area (Å²) in [6.07, 6.45) is 4.55. The van der Waals surface area contributed by atoms with Crippen LogP contribution in [0.15, 0.2) is 16.6 Å². The Balaban J connectivity index is 1.81. The lowest BCUT2D eigenvalue weighted by molar-refractivity contribution is 0.195. The second-order valence-corrected chi connectivity index (χ2v) is 8.16. The van der Waals surface area contributed by atoms with E-state index >= 15 is 0 Å². The maximum Gasteiger partial charge on any atom is 0.259 e. The molecule has 3 rings (SSSR count). The molecule has 0 saturated heterocycles. The highest BCUT2D eigenvalue weighted by molar-refractivity contribution is 7.89. The molecule has 0 amide bonds. The van der Waals surface area contributed by atoms with Crippen LogP contribution in [0, 0.1) is 11.8 Å². The van der Waals surface area contributed by atoms with Gasteiger partial charge < -0.3 is 5.11 Å². The van der Waals surface area contributed by atoms with Gasteiger partial charge in [-0.2, -0.15) is 0 Å². The summed E-state index contributed by atoms with van der Waals surface area (Å²) < 4.78 is 29.0. The van der Waals surface area contributed by atoms with Crippen molar-refractivity contribution in [1.29, 1.82) is 0 Å². The van der Waals surface area contributed by atoms with Gasteiger partial charge in [-0.25, -0.2) is 18.1 Å². The maximum absolute atomic E-state index is 12.5. The van der Waals surface area contributed by atoms with Crippen molar-refractivity contribution in [2.24, 2.45) is 11.8 Å². The lowest BCUT2D eigenvalue weighted by Gasteiger charge is -2.17. The molecule has 1 aliphatic carbocycles. The van der Waals surface area contributed by atoms with E-state index in [9.17, 15) is 13.5 Å². The average Bonchev–Trinajstić information content (AvgIpc) is 3.10. The number of aromatic nitrogens is 2. The molecule has 2 unspecified atom stereocenters. The van der Waals surface area contributed by atoms with Crippen molar-refractivity contribution in [3.8, 4) is 0 Å². The Morgan fingerprint density at radius 2 is 2.24 bits per heavy atom. The van der Waals surface area contributed by atoms with E-state index < -0.39 is 10.0 Å². The van der Waals surface area contributed by atoms with Crippen LogP contribution in [0.2, 0.25) is 5.15 Å². The number of rotatable bonds is 5. The summed E-state index contributed by atoms with van der Waals surface area (Å²) in [6, 6.07) is 0. The van der Waals surface area contributed by atoms with E-state index in [2.05, 4.69) is 9.71 Å². The molecule has 0 aromatic carbocycles. The van der Waals surface area contributed by atoms with Crippen molar-refractivity contribution in [1.82, 2.24) is 14.1 Å². The summed E-state index contributed by atoms with van der Waals surface area (Å²) >= 11 is 7.29. The fourth-order valence-corrected chi connectivity index (χ4v) is 5.43. The van der Waals surface area contributed by atoms with Crippen LogP contribution >= 0.6 is 22.9 Å². The number of aliphatic hydroxyl groups excluding tert-OH is 1. The highest BCUT2D eigenvalue weighted by Gasteiger charge is 2.30. The number of fused-ring (bicyclic) bond motifs is 1. The molecule has 2 aromatic heterocycles. The zero-order valence-electron chi connectivity index (χ0n) is 11.2. The first-order valence-corrected chi connectivity index (χ1v) is 9.48. The van der Waals surface area contributed by atoms with E-state index in [1.807, 2.05) is 0 Å². The van der Waals surface area contributed by atoms with Crippen molar-refractivity contribution < 1.29 is 13.5 Å². The van der Waals surface area contributed by atoms with Gasteiger partial charge in [0.2, 0.25) is 0 Å². The van der Waals surface area contributed by atoms with Gasteiger partial charge in [0.1, 0.15) is 0 Å². The SMILES string of the molecule is O=S(=O)(NCC1CCCC1CO)c1c(Cl)nc2sccn12. The molecule has 6 nitrogen and oxygen atoms in total. The fraction of sp³-hybridized carbons (Fsp3) is 0.583. The number of hydrogen-bond donors (Lipinski definition) is 2. The van der Waals surface area contributed by atoms with Crippen LogP contribution in [0.1, 0.15) is 19.3 Å². The van der Waals surface area contributed by atoms with Crippen LogP contribution in [0.5, 0.6) is 0 Å². The predicted octanol–water partition coefficient (Wildman–Crippen LogP) is 1.74. The minimum atomic E-state index is -3.72. The summed E-state index contributed by atoms with van der Waals surface area (Å²) in [5, 5.41) is 11.0. The van der Waals surface area contributed by atoms with Crippen LogP contribution in [0.25, 0.3) is 4.96 Å². The van der Waals surface area contributed by atoms with Crippen LogP contribution in [0.4, 0.5) is 0 Å². The number of sulfonamides is 1. The van der Waals surface area contributed by atoms with E-state index in [-0.39, 0.29) is 28.6 Å². The Bertz CT molecular complexity index is 740. The lowest BCUT2D eigenvalue weighted by atomic mass is 9.97. The molecule has 0 bridgehead atoms. The van der Waals surface area contributed by atoms with Crippen molar-refractivity contribution in [3.05, 3.63) is 16.7 Å². The molecule has 2 N–H and O–H groups in total. The van der Waals surface area contributed by atoms with E-state index in [1.165, 1.54) is 15.7 Å². The van der Waals surface area contributed by atoms with Gasteiger partial charge in [-0.3, -0.25) is 4.40 Å². The number of halogens is 1. The Morgan fingerprint density at radius 3 is 3.00 bits per heavy atom. The van der Waals surface area contributed by atoms with Crippen molar-refractivity contribution in [2.45, 2.75) is 24.3 Å². The standard InChI is InChI=1S/C12H16ClN3O3S2/c13-10-11(16-4-5-20-12(16)15-10)21(18,19)14-6-8-2-1-3-9(8)7-17/h4-5,8-9,14,17H,1-3,6-7H2. The molecule has 21 heavy (non-hydrogen) atoms. The number of aliphatic hydroxyl groups is 1. The summed E-state index contributed by atoms with van der Waals surface area (Å²) in [6.45, 7) is 0.426. The monoisotopic (exact) mass is 349 g/mol. The topological polar surface area (TPSA) is 83.7 Å². The fourth-order valence-electron chi connectivity index (χ4n) is 2.89. The minimum absolute atomic E-state index is 0.0144. The lowest BCUT2D eigenvalue weighted by Crippen LogP contribution is -2.32.